The van der Waals surface area contributed by atoms with E-state index in [2.05, 4.69) is 36.0 Å². The molecule has 1 aliphatic heterocycles. The van der Waals surface area contributed by atoms with E-state index in [4.69, 9.17) is 4.98 Å². The zero-order chi connectivity index (χ0) is 19.4. The number of nitrogens with one attached hydrogen (secondary N) is 1. The first-order valence-corrected chi connectivity index (χ1v) is 9.63. The number of aromatic nitrogens is 2. The highest BCUT2D eigenvalue weighted by Gasteiger charge is 2.26. The van der Waals surface area contributed by atoms with Crippen LogP contribution in [0.2, 0.25) is 0 Å². The number of benzene rings is 1. The number of anilines is 1. The van der Waals surface area contributed by atoms with Gasteiger partial charge in [-0.15, -0.1) is 0 Å². The van der Waals surface area contributed by atoms with Crippen molar-refractivity contribution in [1.82, 2.24) is 15.3 Å². The van der Waals surface area contributed by atoms with E-state index in [-0.39, 0.29) is 11.7 Å². The van der Waals surface area contributed by atoms with Gasteiger partial charge in [0.25, 0.3) is 5.91 Å². The summed E-state index contributed by atoms with van der Waals surface area (Å²) in [5.74, 6) is 1.09. The fourth-order valence-corrected chi connectivity index (χ4v) is 3.29. The maximum Gasteiger partial charge on any atom is 0.256 e. The molecule has 1 aromatic carbocycles. The van der Waals surface area contributed by atoms with Gasteiger partial charge in [0.15, 0.2) is 5.82 Å². The molecule has 0 radical (unpaired) electrons. The minimum Gasteiger partial charge on any atom is -0.353 e. The molecule has 0 unspecified atom stereocenters. The van der Waals surface area contributed by atoms with Gasteiger partial charge in [-0.2, -0.15) is 0 Å². The third kappa shape index (κ3) is 4.62. The largest absolute Gasteiger partial charge is 0.353 e. The van der Waals surface area contributed by atoms with E-state index in [0.717, 1.165) is 24.9 Å². The Bertz CT molecular complexity index is 791. The van der Waals surface area contributed by atoms with Gasteiger partial charge in [-0.25, -0.2) is 14.4 Å². The predicted octanol–water partition coefficient (Wildman–Crippen LogP) is 4.05. The molecule has 27 heavy (non-hydrogen) atoms. The van der Waals surface area contributed by atoms with E-state index < -0.39 is 0 Å². The number of nitrogens with zero attached hydrogens (tertiary/aromatic N) is 3. The van der Waals surface area contributed by atoms with Crippen LogP contribution < -0.4 is 10.2 Å². The zero-order valence-corrected chi connectivity index (χ0v) is 16.2. The first kappa shape index (κ1) is 19.3. The van der Waals surface area contributed by atoms with E-state index in [1.807, 2.05) is 0 Å². The Balaban J connectivity index is 1.99. The van der Waals surface area contributed by atoms with Gasteiger partial charge in [0.1, 0.15) is 17.2 Å². The molecule has 0 aliphatic carbocycles. The second kappa shape index (κ2) is 8.46. The summed E-state index contributed by atoms with van der Waals surface area (Å²) >= 11 is 0. The van der Waals surface area contributed by atoms with Crippen molar-refractivity contribution >= 4 is 11.7 Å². The number of hydrogen-bond donors (Lipinski definition) is 1. The van der Waals surface area contributed by atoms with Gasteiger partial charge in [0, 0.05) is 30.9 Å². The number of hydrogen-bond acceptors (Lipinski definition) is 4. The molecule has 2 aromatic rings. The highest BCUT2D eigenvalue weighted by molar-refractivity contribution is 5.99. The molecule has 0 saturated carbocycles. The van der Waals surface area contributed by atoms with E-state index >= 15 is 0 Å². The average Bonchev–Trinajstić information content (AvgIpc) is 2.66. The summed E-state index contributed by atoms with van der Waals surface area (Å²) in [6.07, 6.45) is 4.93. The zero-order valence-electron chi connectivity index (χ0n) is 16.2. The Hall–Kier alpha value is -2.50. The summed E-state index contributed by atoms with van der Waals surface area (Å²) in [6, 6.07) is 6.42. The summed E-state index contributed by atoms with van der Waals surface area (Å²) in [5, 5.41) is 2.96. The molecule has 6 heteroatoms. The van der Waals surface area contributed by atoms with Crippen LogP contribution >= 0.6 is 0 Å². The first-order chi connectivity index (χ1) is 13.0. The number of piperidine rings is 1. The fourth-order valence-electron chi connectivity index (χ4n) is 3.29. The van der Waals surface area contributed by atoms with Gasteiger partial charge in [0.05, 0.1) is 0 Å². The molecule has 1 fully saturated rings. The Kier molecular flexibility index (Phi) is 6.04. The van der Waals surface area contributed by atoms with Crippen LogP contribution in [0.1, 0.15) is 50.4 Å². The minimum absolute atomic E-state index is 0.151. The molecule has 2 heterocycles. The first-order valence-electron chi connectivity index (χ1n) is 9.63. The summed E-state index contributed by atoms with van der Waals surface area (Å²) in [6.45, 7) is 7.75. The van der Waals surface area contributed by atoms with Crippen LogP contribution in [0.3, 0.4) is 0 Å². The van der Waals surface area contributed by atoms with Gasteiger partial charge < -0.3 is 10.2 Å². The van der Waals surface area contributed by atoms with E-state index in [1.54, 1.807) is 18.3 Å². The molecular formula is C21H27FN4O. The van der Waals surface area contributed by atoms with Gasteiger partial charge in [-0.05, 0) is 56.4 Å². The van der Waals surface area contributed by atoms with Crippen molar-refractivity contribution in [2.24, 2.45) is 5.92 Å². The fraction of sp³-hybridized carbons (Fsp3) is 0.476. The smallest absolute Gasteiger partial charge is 0.256 e. The molecule has 3 rings (SSSR count). The van der Waals surface area contributed by atoms with E-state index in [9.17, 15) is 9.18 Å². The van der Waals surface area contributed by atoms with Crippen molar-refractivity contribution in [3.8, 4) is 11.4 Å². The lowest BCUT2D eigenvalue weighted by atomic mass is 10.0. The highest BCUT2D eigenvalue weighted by Crippen LogP contribution is 2.28. The summed E-state index contributed by atoms with van der Waals surface area (Å²) < 4.78 is 13.2. The van der Waals surface area contributed by atoms with Crippen LogP contribution in [0.25, 0.3) is 11.4 Å². The quantitative estimate of drug-likeness (QED) is 0.863. The second-order valence-corrected chi connectivity index (χ2v) is 7.58. The van der Waals surface area contributed by atoms with E-state index in [0.29, 0.717) is 35.7 Å². The molecule has 1 aliphatic rings. The molecule has 144 valence electrons. The van der Waals surface area contributed by atoms with Crippen LogP contribution in [0.15, 0.2) is 30.5 Å². The van der Waals surface area contributed by atoms with Crippen molar-refractivity contribution in [2.45, 2.75) is 46.1 Å². The topological polar surface area (TPSA) is 58.1 Å². The Labute approximate surface area is 160 Å². The number of amides is 1. The highest BCUT2D eigenvalue weighted by atomic mass is 19.1. The molecule has 5 nitrogen and oxygen atoms in total. The molecule has 1 amide bonds. The van der Waals surface area contributed by atoms with Crippen LogP contribution in [-0.2, 0) is 0 Å². The number of carbonyl (C=O) groups is 1. The summed E-state index contributed by atoms with van der Waals surface area (Å²) in [7, 11) is 0. The molecule has 1 N–H and O–H groups in total. The molecule has 0 spiro atoms. The summed E-state index contributed by atoms with van der Waals surface area (Å²) in [4.78, 5) is 24.1. The third-order valence-corrected chi connectivity index (χ3v) is 4.86. The number of rotatable bonds is 5. The molecule has 1 atom stereocenters. The van der Waals surface area contributed by atoms with Gasteiger partial charge in [-0.1, -0.05) is 13.8 Å². The average molecular weight is 370 g/mol. The third-order valence-electron chi connectivity index (χ3n) is 4.86. The maximum atomic E-state index is 13.2. The molecular weight excluding hydrogens is 343 g/mol. The Morgan fingerprint density at radius 2 is 2.04 bits per heavy atom. The van der Waals surface area contributed by atoms with Crippen LogP contribution in [-0.4, -0.2) is 35.0 Å². The second-order valence-electron chi connectivity index (χ2n) is 7.58. The monoisotopic (exact) mass is 370 g/mol. The maximum absolute atomic E-state index is 13.2. The minimum atomic E-state index is -0.298. The normalized spacial score (nSPS) is 17.2. The predicted molar refractivity (Wildman–Crippen MR) is 105 cm³/mol. The molecule has 0 bridgehead atoms. The summed E-state index contributed by atoms with van der Waals surface area (Å²) in [5.41, 5.74) is 1.23. The van der Waals surface area contributed by atoms with Crippen molar-refractivity contribution in [2.75, 3.05) is 18.0 Å². The molecule has 1 saturated heterocycles. The number of halogens is 1. The SMILES string of the molecule is CC(C)CNC(=O)c1cnc(-c2ccc(F)cc2)nc1N1CCCC[C@H]1C. The van der Waals surface area contributed by atoms with Crippen LogP contribution in [0, 0.1) is 11.7 Å². The van der Waals surface area contributed by atoms with Gasteiger partial charge in [0.2, 0.25) is 0 Å². The standard InChI is InChI=1S/C21H27FN4O/c1-14(2)12-24-21(27)18-13-23-19(16-7-9-17(22)10-8-16)25-20(18)26-11-5-4-6-15(26)3/h7-10,13-15H,4-6,11-12H2,1-3H3,(H,24,27)/t15-/m1/s1. The lowest BCUT2D eigenvalue weighted by Gasteiger charge is -2.35. The van der Waals surface area contributed by atoms with Crippen molar-refractivity contribution in [3.63, 3.8) is 0 Å². The lowest BCUT2D eigenvalue weighted by molar-refractivity contribution is 0.0948. The lowest BCUT2D eigenvalue weighted by Crippen LogP contribution is -2.40. The van der Waals surface area contributed by atoms with Crippen molar-refractivity contribution < 1.29 is 9.18 Å². The van der Waals surface area contributed by atoms with Crippen LogP contribution in [0.5, 0.6) is 0 Å². The van der Waals surface area contributed by atoms with Crippen LogP contribution in [0.4, 0.5) is 10.2 Å². The van der Waals surface area contributed by atoms with Gasteiger partial charge >= 0.3 is 0 Å². The van der Waals surface area contributed by atoms with Crippen molar-refractivity contribution in [3.05, 3.63) is 41.8 Å². The van der Waals surface area contributed by atoms with Gasteiger partial charge in [-0.3, -0.25) is 4.79 Å². The Morgan fingerprint density at radius 3 is 2.70 bits per heavy atom. The molecule has 1 aromatic heterocycles. The van der Waals surface area contributed by atoms with E-state index in [1.165, 1.54) is 18.6 Å². The number of carbonyl (C=O) groups excluding carboxylic acids is 1. The van der Waals surface area contributed by atoms with Crippen molar-refractivity contribution in [1.29, 1.82) is 0 Å². The Morgan fingerprint density at radius 1 is 1.30 bits per heavy atom.